The van der Waals surface area contributed by atoms with Crippen molar-refractivity contribution in [3.63, 3.8) is 0 Å². The zero-order valence-electron chi connectivity index (χ0n) is 15.9. The number of amidine groups is 1. The third kappa shape index (κ3) is 4.16. The van der Waals surface area contributed by atoms with Crippen LogP contribution in [0.3, 0.4) is 0 Å². The number of sulfonamides is 1. The lowest BCUT2D eigenvalue weighted by Gasteiger charge is -2.29. The summed E-state index contributed by atoms with van der Waals surface area (Å²) >= 11 is 0. The van der Waals surface area contributed by atoms with Crippen LogP contribution in [0.2, 0.25) is 0 Å². The molecule has 1 aromatic carbocycles. The van der Waals surface area contributed by atoms with Gasteiger partial charge in [-0.05, 0) is 39.2 Å². The second kappa shape index (κ2) is 7.72. The van der Waals surface area contributed by atoms with E-state index < -0.39 is 10.0 Å². The van der Waals surface area contributed by atoms with Crippen LogP contribution in [0.15, 0.2) is 34.8 Å². The summed E-state index contributed by atoms with van der Waals surface area (Å²) in [7, 11) is -3.62. The molecule has 1 amide bonds. The van der Waals surface area contributed by atoms with Crippen LogP contribution in [0, 0.1) is 6.92 Å². The van der Waals surface area contributed by atoms with Gasteiger partial charge in [-0.3, -0.25) is 9.71 Å². The summed E-state index contributed by atoms with van der Waals surface area (Å²) in [5.74, 6) is 0.403. The summed E-state index contributed by atoms with van der Waals surface area (Å²) in [4.78, 5) is 18.4. The number of hydrogen-bond acceptors (Lipinski definition) is 5. The van der Waals surface area contributed by atoms with E-state index in [1.165, 1.54) is 0 Å². The maximum atomic E-state index is 12.6. The Kier molecular flexibility index (Phi) is 5.55. The van der Waals surface area contributed by atoms with Crippen molar-refractivity contribution in [3.8, 4) is 0 Å². The van der Waals surface area contributed by atoms with Crippen molar-refractivity contribution in [1.82, 2.24) is 9.62 Å². The molecule has 0 bridgehead atoms. The number of piperidine rings is 1. The van der Waals surface area contributed by atoms with Crippen LogP contribution in [0.4, 0.5) is 4.79 Å². The van der Waals surface area contributed by atoms with Crippen LogP contribution >= 0.6 is 0 Å². The Labute approximate surface area is 160 Å². The number of nitrogens with zero attached hydrogens (tertiary/aromatic N) is 2. The van der Waals surface area contributed by atoms with Gasteiger partial charge < -0.3 is 9.64 Å². The highest BCUT2D eigenvalue weighted by atomic mass is 32.2. The second-order valence-electron chi connectivity index (χ2n) is 6.82. The monoisotopic (exact) mass is 391 g/mol. The van der Waals surface area contributed by atoms with Crippen LogP contribution in [0.25, 0.3) is 4.91 Å². The molecule has 1 aromatic rings. The van der Waals surface area contributed by atoms with E-state index in [0.29, 0.717) is 49.5 Å². The summed E-state index contributed by atoms with van der Waals surface area (Å²) in [6, 6.07) is 7.39. The maximum absolute atomic E-state index is 12.6. The minimum atomic E-state index is -3.62. The van der Waals surface area contributed by atoms with Crippen LogP contribution in [-0.2, 0) is 14.8 Å². The Balaban J connectivity index is 1.78. The Morgan fingerprint density at radius 2 is 1.85 bits per heavy atom. The van der Waals surface area contributed by atoms with Gasteiger partial charge in [0, 0.05) is 18.7 Å². The van der Waals surface area contributed by atoms with E-state index in [-0.39, 0.29) is 17.0 Å². The molecule has 146 valence electrons. The lowest BCUT2D eigenvalue weighted by Crippen LogP contribution is -2.40. The van der Waals surface area contributed by atoms with E-state index in [4.69, 9.17) is 4.74 Å². The SMILES string of the molecule is CCOC(=O)N1CCC(N=C2NS(=O)(=O)C(c3ccc(C)cc3)=C2C)CC1. The number of ether oxygens (including phenoxy) is 1. The van der Waals surface area contributed by atoms with E-state index in [0.717, 1.165) is 5.56 Å². The summed E-state index contributed by atoms with van der Waals surface area (Å²) in [5, 5.41) is 0. The molecule has 1 N–H and O–H groups in total. The summed E-state index contributed by atoms with van der Waals surface area (Å²) in [6.07, 6.45) is 1.05. The fourth-order valence-electron chi connectivity index (χ4n) is 3.34. The number of benzene rings is 1. The molecule has 0 atom stereocenters. The quantitative estimate of drug-likeness (QED) is 0.858. The molecule has 2 heterocycles. The molecule has 1 saturated heterocycles. The third-order valence-corrected chi connectivity index (χ3v) is 6.35. The molecule has 8 heteroatoms. The lowest BCUT2D eigenvalue weighted by atomic mass is 10.1. The van der Waals surface area contributed by atoms with Crippen LogP contribution in [-0.4, -0.2) is 51.0 Å². The number of hydrogen-bond donors (Lipinski definition) is 1. The number of carbonyl (C=O) groups is 1. The number of carbonyl (C=O) groups excluding carboxylic acids is 1. The maximum Gasteiger partial charge on any atom is 0.409 e. The molecule has 2 aliphatic heterocycles. The first kappa shape index (κ1) is 19.4. The standard InChI is InChI=1S/C19H25N3O4S/c1-4-26-19(23)22-11-9-16(10-12-22)20-18-14(3)17(27(24,25)21-18)15-7-5-13(2)6-8-15/h5-8,16H,4,9-12H2,1-3H3,(H,20,21). The number of likely N-dealkylation sites (tertiary alicyclic amines) is 1. The van der Waals surface area contributed by atoms with Crippen molar-refractivity contribution < 1.29 is 17.9 Å². The minimum Gasteiger partial charge on any atom is -0.450 e. The molecule has 0 aliphatic carbocycles. The predicted octanol–water partition coefficient (Wildman–Crippen LogP) is 2.68. The van der Waals surface area contributed by atoms with Gasteiger partial charge in [0.2, 0.25) is 0 Å². The summed E-state index contributed by atoms with van der Waals surface area (Å²) in [5.41, 5.74) is 2.36. The van der Waals surface area contributed by atoms with Gasteiger partial charge in [0.05, 0.1) is 12.6 Å². The van der Waals surface area contributed by atoms with Crippen LogP contribution < -0.4 is 4.72 Å². The molecule has 0 spiro atoms. The number of amides is 1. The molecular formula is C19H25N3O4S. The highest BCUT2D eigenvalue weighted by Gasteiger charge is 2.33. The molecule has 3 rings (SSSR count). The average molecular weight is 391 g/mol. The van der Waals surface area contributed by atoms with Gasteiger partial charge in [-0.15, -0.1) is 0 Å². The highest BCUT2D eigenvalue weighted by molar-refractivity contribution is 8.00. The molecule has 7 nitrogen and oxygen atoms in total. The molecule has 27 heavy (non-hydrogen) atoms. The number of nitrogens with one attached hydrogen (secondary N) is 1. The molecule has 0 aromatic heterocycles. The van der Waals surface area contributed by atoms with Crippen molar-refractivity contribution in [1.29, 1.82) is 0 Å². The Morgan fingerprint density at radius 3 is 2.44 bits per heavy atom. The van der Waals surface area contributed by atoms with Gasteiger partial charge in [-0.2, -0.15) is 0 Å². The van der Waals surface area contributed by atoms with E-state index >= 15 is 0 Å². The van der Waals surface area contributed by atoms with Crippen molar-refractivity contribution in [2.45, 2.75) is 39.7 Å². The van der Waals surface area contributed by atoms with Gasteiger partial charge in [0.25, 0.3) is 10.0 Å². The van der Waals surface area contributed by atoms with Gasteiger partial charge >= 0.3 is 6.09 Å². The van der Waals surface area contributed by atoms with Gasteiger partial charge in [-0.25, -0.2) is 13.2 Å². The number of rotatable bonds is 3. The zero-order chi connectivity index (χ0) is 19.6. The highest BCUT2D eigenvalue weighted by Crippen LogP contribution is 2.30. The first-order chi connectivity index (χ1) is 12.8. The second-order valence-corrected chi connectivity index (χ2v) is 8.44. The normalized spacial score (nSPS) is 21.4. The topological polar surface area (TPSA) is 88.1 Å². The largest absolute Gasteiger partial charge is 0.450 e. The third-order valence-electron chi connectivity index (χ3n) is 4.81. The van der Waals surface area contributed by atoms with E-state index in [1.54, 1.807) is 18.7 Å². The lowest BCUT2D eigenvalue weighted by molar-refractivity contribution is 0.0975. The van der Waals surface area contributed by atoms with Crippen molar-refractivity contribution in [2.24, 2.45) is 4.99 Å². The van der Waals surface area contributed by atoms with Crippen LogP contribution in [0.5, 0.6) is 0 Å². The van der Waals surface area contributed by atoms with Gasteiger partial charge in [-0.1, -0.05) is 29.8 Å². The van der Waals surface area contributed by atoms with E-state index in [2.05, 4.69) is 9.71 Å². The van der Waals surface area contributed by atoms with Gasteiger partial charge in [0.1, 0.15) is 10.7 Å². The number of aliphatic imine (C=N–C) groups is 1. The van der Waals surface area contributed by atoms with E-state index in [1.807, 2.05) is 31.2 Å². The molecule has 1 fully saturated rings. The summed E-state index contributed by atoms with van der Waals surface area (Å²) in [6.45, 7) is 6.99. The summed E-state index contributed by atoms with van der Waals surface area (Å²) < 4.78 is 32.8. The predicted molar refractivity (Wildman–Crippen MR) is 105 cm³/mol. The fourth-order valence-corrected chi connectivity index (χ4v) is 4.85. The average Bonchev–Trinajstić information content (AvgIpc) is 2.85. The fraction of sp³-hybridized carbons (Fsp3) is 0.474. The van der Waals surface area contributed by atoms with Crippen LogP contribution in [0.1, 0.15) is 37.8 Å². The Morgan fingerprint density at radius 1 is 1.22 bits per heavy atom. The molecule has 2 aliphatic rings. The molecule has 0 saturated carbocycles. The van der Waals surface area contributed by atoms with Gasteiger partial charge in [0.15, 0.2) is 0 Å². The Hall–Kier alpha value is -2.35. The van der Waals surface area contributed by atoms with Crippen molar-refractivity contribution >= 4 is 26.9 Å². The zero-order valence-corrected chi connectivity index (χ0v) is 16.7. The Bertz CT molecular complexity index is 880. The molecule has 0 radical (unpaired) electrons. The minimum absolute atomic E-state index is 0.0271. The van der Waals surface area contributed by atoms with E-state index in [9.17, 15) is 13.2 Å². The van der Waals surface area contributed by atoms with Crippen molar-refractivity contribution in [3.05, 3.63) is 41.0 Å². The van der Waals surface area contributed by atoms with Crippen molar-refractivity contribution in [2.75, 3.05) is 19.7 Å². The molecule has 0 unspecified atom stereocenters. The smallest absolute Gasteiger partial charge is 0.409 e. The molecular weight excluding hydrogens is 366 g/mol. The number of aryl methyl sites for hydroxylation is 1. The first-order valence-electron chi connectivity index (χ1n) is 9.12. The first-order valence-corrected chi connectivity index (χ1v) is 10.6.